The van der Waals surface area contributed by atoms with Crippen molar-refractivity contribution in [3.8, 4) is 0 Å². The topological polar surface area (TPSA) is 0 Å². The molecule has 0 radical (unpaired) electrons. The molecule has 0 nitrogen and oxygen atoms in total. The smallest absolute Gasteiger partial charge is 0.120 e. The van der Waals surface area contributed by atoms with Gasteiger partial charge >= 0.3 is 29.6 Å². The summed E-state index contributed by atoms with van der Waals surface area (Å²) < 4.78 is 0. The molecule has 0 aromatic carbocycles. The van der Waals surface area contributed by atoms with Gasteiger partial charge in [0.1, 0.15) is 0 Å². The molecule has 0 heterocycles. The maximum atomic E-state index is 5.53. The minimum atomic E-state index is -0.0278. The number of halogens is 1. The van der Waals surface area contributed by atoms with Crippen LogP contribution in [0.4, 0.5) is 0 Å². The molecule has 0 spiro atoms. The number of hydrogen-bond acceptors (Lipinski definition) is 0. The predicted octanol–water partition coefficient (Wildman–Crippen LogP) is -0.972. The molecular weight excluding hydrogens is 106 g/mol. The van der Waals surface area contributed by atoms with Crippen LogP contribution >= 0.6 is 11.6 Å². The fourth-order valence-corrected chi connectivity index (χ4v) is 0. The van der Waals surface area contributed by atoms with Crippen LogP contribution in [-0.4, -0.2) is 4.87 Å². The van der Waals surface area contributed by atoms with Gasteiger partial charge in [-0.25, -0.2) is 0 Å². The molecule has 0 amide bonds. The largest absolute Gasteiger partial charge is 1.00 e. The molecule has 0 atom stereocenters. The second-order valence-corrected chi connectivity index (χ2v) is 3.20. The first-order valence-electron chi connectivity index (χ1n) is 1.69. The third kappa shape index (κ3) is 58.5. The quantitative estimate of drug-likeness (QED) is 0.282. The van der Waals surface area contributed by atoms with E-state index in [-0.39, 0.29) is 34.4 Å². The first kappa shape index (κ1) is 10.3. The van der Waals surface area contributed by atoms with Crippen LogP contribution < -0.4 is 29.6 Å². The summed E-state index contributed by atoms with van der Waals surface area (Å²) >= 11 is 5.53. The minimum Gasteiger partial charge on any atom is -0.120 e. The normalized spacial score (nSPS) is 10.0. The molecule has 0 aromatic rings. The van der Waals surface area contributed by atoms with Gasteiger partial charge in [0.15, 0.2) is 0 Å². The maximum Gasteiger partial charge on any atom is 1.00 e. The number of rotatable bonds is 0. The number of hydrogen-bond donors (Lipinski definition) is 0. The molecule has 0 rings (SSSR count). The third-order valence-electron chi connectivity index (χ3n) is 0. The Kier molecular flexibility index (Phi) is 5.69. The Labute approximate surface area is 66.6 Å². The van der Waals surface area contributed by atoms with Crippen LogP contribution in [0.25, 0.3) is 0 Å². The van der Waals surface area contributed by atoms with E-state index in [2.05, 4.69) is 0 Å². The van der Waals surface area contributed by atoms with Gasteiger partial charge in [-0.1, -0.05) is 0 Å². The summed E-state index contributed by atoms with van der Waals surface area (Å²) in [7, 11) is 0. The van der Waals surface area contributed by atoms with Crippen molar-refractivity contribution < 1.29 is 29.6 Å². The Balaban J connectivity index is 0. The predicted molar refractivity (Wildman–Crippen MR) is 25.6 cm³/mol. The maximum absolute atomic E-state index is 5.53. The van der Waals surface area contributed by atoms with Crippen molar-refractivity contribution in [3.63, 3.8) is 0 Å². The molecule has 32 valence electrons. The second-order valence-electron chi connectivity index (χ2n) is 2.07. The molecule has 0 bridgehead atoms. The molecule has 6 heavy (non-hydrogen) atoms. The van der Waals surface area contributed by atoms with E-state index in [0.29, 0.717) is 0 Å². The molecule has 2 heteroatoms. The van der Waals surface area contributed by atoms with Crippen molar-refractivity contribution in [1.29, 1.82) is 0 Å². The molecule has 0 saturated carbocycles. The van der Waals surface area contributed by atoms with Crippen molar-refractivity contribution in [2.75, 3.05) is 0 Å². The summed E-state index contributed by atoms with van der Waals surface area (Å²) in [5.41, 5.74) is 0. The van der Waals surface area contributed by atoms with Gasteiger partial charge < -0.3 is 0 Å². The van der Waals surface area contributed by atoms with E-state index >= 15 is 0 Å². The fraction of sp³-hybridized carbons (Fsp3) is 1.00. The fourth-order valence-electron chi connectivity index (χ4n) is 0. The van der Waals surface area contributed by atoms with Gasteiger partial charge in [0.25, 0.3) is 0 Å². The van der Waals surface area contributed by atoms with Crippen LogP contribution in [0.5, 0.6) is 0 Å². The Morgan fingerprint density at radius 2 is 1.17 bits per heavy atom. The van der Waals surface area contributed by atoms with Crippen LogP contribution in [0.2, 0.25) is 0 Å². The molecule has 0 aliphatic rings. The van der Waals surface area contributed by atoms with Crippen molar-refractivity contribution in [1.82, 2.24) is 0 Å². The first-order chi connectivity index (χ1) is 2.00. The van der Waals surface area contributed by atoms with Crippen LogP contribution in [0.3, 0.4) is 0 Å². The monoisotopic (exact) mass is 115 g/mol. The molecule has 0 N–H and O–H groups in total. The van der Waals surface area contributed by atoms with Gasteiger partial charge in [0, 0.05) is 4.87 Å². The van der Waals surface area contributed by atoms with Crippen molar-refractivity contribution in [2.45, 2.75) is 25.6 Å². The minimum absolute atomic E-state index is 0. The summed E-state index contributed by atoms with van der Waals surface area (Å²) in [5.74, 6) is 0. The Bertz CT molecular complexity index is 23.0. The Hall–Kier alpha value is 1.29. The van der Waals surface area contributed by atoms with E-state index in [0.717, 1.165) is 0 Å². The zero-order chi connectivity index (χ0) is 4.50. The van der Waals surface area contributed by atoms with Crippen molar-refractivity contribution in [3.05, 3.63) is 0 Å². The molecule has 0 unspecified atom stereocenters. The van der Waals surface area contributed by atoms with Gasteiger partial charge in [-0.2, -0.15) is 0 Å². The molecule has 0 aromatic heterocycles. The molecule has 0 aliphatic heterocycles. The van der Waals surface area contributed by atoms with Gasteiger partial charge in [-0.05, 0) is 20.8 Å². The van der Waals surface area contributed by atoms with E-state index in [9.17, 15) is 0 Å². The SMILES string of the molecule is CC(C)(C)Cl.[Na+]. The van der Waals surface area contributed by atoms with Crippen LogP contribution in [0.15, 0.2) is 0 Å². The Morgan fingerprint density at radius 3 is 1.17 bits per heavy atom. The first-order valence-corrected chi connectivity index (χ1v) is 2.07. The summed E-state index contributed by atoms with van der Waals surface area (Å²) in [6, 6.07) is 0. The van der Waals surface area contributed by atoms with E-state index in [1.165, 1.54) is 0 Å². The van der Waals surface area contributed by atoms with Gasteiger partial charge in [-0.15, -0.1) is 11.6 Å². The van der Waals surface area contributed by atoms with Crippen LogP contribution in [0.1, 0.15) is 20.8 Å². The van der Waals surface area contributed by atoms with E-state index in [1.807, 2.05) is 20.8 Å². The molecule has 0 fully saturated rings. The average Bonchev–Trinajstić information content (AvgIpc) is 0.722. The van der Waals surface area contributed by atoms with Crippen molar-refractivity contribution in [2.24, 2.45) is 0 Å². The molecule has 0 saturated heterocycles. The van der Waals surface area contributed by atoms with Gasteiger partial charge in [-0.3, -0.25) is 0 Å². The summed E-state index contributed by atoms with van der Waals surface area (Å²) in [4.78, 5) is -0.0278. The van der Waals surface area contributed by atoms with Gasteiger partial charge in [0.05, 0.1) is 0 Å². The van der Waals surface area contributed by atoms with Crippen LogP contribution in [0, 0.1) is 0 Å². The van der Waals surface area contributed by atoms with E-state index < -0.39 is 0 Å². The summed E-state index contributed by atoms with van der Waals surface area (Å²) in [6.07, 6.45) is 0. The summed E-state index contributed by atoms with van der Waals surface area (Å²) in [5, 5.41) is 0. The third-order valence-corrected chi connectivity index (χ3v) is 0. The average molecular weight is 116 g/mol. The van der Waals surface area contributed by atoms with E-state index in [1.54, 1.807) is 0 Å². The zero-order valence-electron chi connectivity index (χ0n) is 4.88. The molecular formula is C4H9ClNa+. The molecule has 0 aliphatic carbocycles. The number of alkyl halides is 1. The van der Waals surface area contributed by atoms with Crippen molar-refractivity contribution >= 4 is 11.6 Å². The van der Waals surface area contributed by atoms with Gasteiger partial charge in [0.2, 0.25) is 0 Å². The standard InChI is InChI=1S/C4H9Cl.Na/c1-4(2,3)5;/h1-3H3;/q;+1. The Morgan fingerprint density at radius 1 is 1.17 bits per heavy atom. The van der Waals surface area contributed by atoms with E-state index in [4.69, 9.17) is 11.6 Å². The second kappa shape index (κ2) is 3.31. The summed E-state index contributed by atoms with van der Waals surface area (Å²) in [6.45, 7) is 5.86. The zero-order valence-corrected chi connectivity index (χ0v) is 7.63. The van der Waals surface area contributed by atoms with Crippen LogP contribution in [-0.2, 0) is 0 Å².